The molecule has 2 aromatic heterocycles. The van der Waals surface area contributed by atoms with Crippen LogP contribution in [0, 0.1) is 10.8 Å². The summed E-state index contributed by atoms with van der Waals surface area (Å²) in [5, 5.41) is 18.6. The molecule has 0 saturated carbocycles. The quantitative estimate of drug-likeness (QED) is 0.190. The van der Waals surface area contributed by atoms with Crippen molar-refractivity contribution in [2.45, 2.75) is 119 Å². The summed E-state index contributed by atoms with van der Waals surface area (Å²) in [4.78, 5) is 3.58. The zero-order valence-corrected chi connectivity index (χ0v) is 29.9. The maximum atomic E-state index is 4.72. The van der Waals surface area contributed by atoms with Crippen LogP contribution in [0.25, 0.3) is 22.4 Å². The minimum atomic E-state index is 0.112. The van der Waals surface area contributed by atoms with Gasteiger partial charge in [-0.25, -0.2) is 0 Å². The summed E-state index contributed by atoms with van der Waals surface area (Å²) in [5.41, 5.74) is 9.86. The van der Waals surface area contributed by atoms with Gasteiger partial charge in [-0.15, -0.1) is 10.2 Å². The fraction of sp³-hybridized carbons (Fsp3) is 0.500. The van der Waals surface area contributed by atoms with Gasteiger partial charge < -0.3 is 0 Å². The number of hydrogen-bond donors (Lipinski definition) is 0. The Morgan fingerprint density at radius 1 is 0.500 bits per heavy atom. The van der Waals surface area contributed by atoms with Crippen LogP contribution in [0.1, 0.15) is 117 Å². The first-order chi connectivity index (χ1) is 21.5. The first-order valence-corrected chi connectivity index (χ1v) is 17.0. The summed E-state index contributed by atoms with van der Waals surface area (Å²) < 4.78 is 0. The summed E-state index contributed by atoms with van der Waals surface area (Å²) in [6.07, 6.45) is 6.90. The summed E-state index contributed by atoms with van der Waals surface area (Å²) in [6, 6.07) is 25.3. The first-order valence-electron chi connectivity index (χ1n) is 17.0. The largest absolute Gasteiger partial charge is 0.153 e. The zero-order valence-electron chi connectivity index (χ0n) is 29.9. The average molecular weight is 619 g/mol. The highest BCUT2D eigenvalue weighted by Gasteiger charge is 2.29. The van der Waals surface area contributed by atoms with Crippen molar-refractivity contribution in [1.82, 2.24) is 30.0 Å². The van der Waals surface area contributed by atoms with Gasteiger partial charge in [-0.1, -0.05) is 106 Å². The van der Waals surface area contributed by atoms with E-state index in [1.54, 1.807) is 4.80 Å². The lowest BCUT2D eigenvalue weighted by Gasteiger charge is -2.33. The van der Waals surface area contributed by atoms with Crippen LogP contribution >= 0.6 is 0 Å². The van der Waals surface area contributed by atoms with Crippen LogP contribution < -0.4 is 0 Å². The zero-order chi connectivity index (χ0) is 33.3. The topological polar surface area (TPSA) is 61.4 Å². The smallest absolute Gasteiger partial charge is 0.113 e. The van der Waals surface area contributed by atoms with Crippen LogP contribution in [0.15, 0.2) is 72.8 Å². The molecule has 6 nitrogen and oxygen atoms in total. The number of nitrogens with zero attached hydrogens (tertiary/aromatic N) is 6. The molecule has 0 bridgehead atoms. The van der Waals surface area contributed by atoms with E-state index in [1.807, 2.05) is 29.1 Å². The second-order valence-electron chi connectivity index (χ2n) is 16.9. The third kappa shape index (κ3) is 8.31. The molecule has 3 aromatic carbocycles. The normalized spacial score (nSPS) is 14.1. The SMILES string of the molecule is CC(C)(C)CC(C)(C)c1cccc(-n2nc3c(n2)CCCC3)c1.CC(C)(C)CC(C)(C)c1cccc(-n2nc3ccccc3n2)c1. The van der Waals surface area contributed by atoms with Crippen LogP contribution in [-0.2, 0) is 23.7 Å². The molecule has 6 rings (SSSR count). The molecule has 2 heterocycles. The number of hydrogen-bond acceptors (Lipinski definition) is 4. The second kappa shape index (κ2) is 12.8. The molecule has 0 atom stereocenters. The number of aromatic nitrogens is 6. The van der Waals surface area contributed by atoms with E-state index in [0.29, 0.717) is 5.41 Å². The van der Waals surface area contributed by atoms with Gasteiger partial charge in [0.05, 0.1) is 22.8 Å². The van der Waals surface area contributed by atoms with Crippen molar-refractivity contribution in [2.24, 2.45) is 10.8 Å². The lowest BCUT2D eigenvalue weighted by molar-refractivity contribution is 0.283. The highest BCUT2D eigenvalue weighted by atomic mass is 15.5. The Bertz CT molecular complexity index is 1720. The minimum absolute atomic E-state index is 0.112. The Hall–Kier alpha value is -3.80. The first kappa shape index (κ1) is 33.6. The molecule has 0 radical (unpaired) electrons. The summed E-state index contributed by atoms with van der Waals surface area (Å²) in [5.74, 6) is 0. The number of aryl methyl sites for hydroxylation is 2. The Labute approximate surface area is 276 Å². The predicted molar refractivity (Wildman–Crippen MR) is 191 cm³/mol. The molecular formula is C40H54N6. The van der Waals surface area contributed by atoms with Crippen LogP contribution in [0.3, 0.4) is 0 Å². The van der Waals surface area contributed by atoms with Gasteiger partial charge in [0.15, 0.2) is 0 Å². The van der Waals surface area contributed by atoms with Crippen molar-refractivity contribution in [3.8, 4) is 11.4 Å². The molecular weight excluding hydrogens is 564 g/mol. The number of benzene rings is 3. The van der Waals surface area contributed by atoms with E-state index in [9.17, 15) is 0 Å². The second-order valence-corrected chi connectivity index (χ2v) is 16.9. The molecule has 244 valence electrons. The highest BCUT2D eigenvalue weighted by molar-refractivity contribution is 5.73. The third-order valence-electron chi connectivity index (χ3n) is 8.79. The molecule has 0 saturated heterocycles. The van der Waals surface area contributed by atoms with Crippen molar-refractivity contribution in [2.75, 3.05) is 0 Å². The molecule has 0 fully saturated rings. The van der Waals surface area contributed by atoms with Crippen molar-refractivity contribution in [3.05, 3.63) is 95.3 Å². The fourth-order valence-corrected chi connectivity index (χ4v) is 7.39. The van der Waals surface area contributed by atoms with Crippen LogP contribution in [0.5, 0.6) is 0 Å². The van der Waals surface area contributed by atoms with E-state index < -0.39 is 0 Å². The molecule has 1 aliphatic carbocycles. The molecule has 0 N–H and O–H groups in total. The van der Waals surface area contributed by atoms with E-state index >= 15 is 0 Å². The van der Waals surface area contributed by atoms with Gasteiger partial charge in [0.2, 0.25) is 0 Å². The van der Waals surface area contributed by atoms with E-state index in [4.69, 9.17) is 10.2 Å². The maximum absolute atomic E-state index is 4.72. The van der Waals surface area contributed by atoms with Crippen molar-refractivity contribution < 1.29 is 0 Å². The Balaban J connectivity index is 0.000000181. The molecule has 6 heteroatoms. The molecule has 0 aliphatic heterocycles. The lowest BCUT2D eigenvalue weighted by Crippen LogP contribution is -2.25. The molecule has 46 heavy (non-hydrogen) atoms. The van der Waals surface area contributed by atoms with Crippen molar-refractivity contribution in [1.29, 1.82) is 0 Å². The van der Waals surface area contributed by atoms with E-state index in [-0.39, 0.29) is 16.2 Å². The van der Waals surface area contributed by atoms with Gasteiger partial charge >= 0.3 is 0 Å². The van der Waals surface area contributed by atoms with Gasteiger partial charge in [0.1, 0.15) is 11.0 Å². The van der Waals surface area contributed by atoms with Gasteiger partial charge in [-0.05, 0) is 108 Å². The summed E-state index contributed by atoms with van der Waals surface area (Å²) >= 11 is 0. The standard InChI is InChI=1S/C20H29N3.C20H25N3/c2*1-19(2,3)14-20(4,5)15-9-8-10-16(13-15)23-21-17-11-6-7-12-18(17)22-23/h8-10,13H,6-7,11-12,14H2,1-5H3;6-13H,14H2,1-5H3. The van der Waals surface area contributed by atoms with Crippen molar-refractivity contribution >= 4 is 11.0 Å². The monoisotopic (exact) mass is 618 g/mol. The molecule has 0 amide bonds. The lowest BCUT2D eigenvalue weighted by atomic mass is 9.72. The van der Waals surface area contributed by atoms with E-state index in [1.165, 1.54) is 35.4 Å². The van der Waals surface area contributed by atoms with Gasteiger partial charge in [0, 0.05) is 0 Å². The Morgan fingerprint density at radius 2 is 0.891 bits per heavy atom. The van der Waals surface area contributed by atoms with Gasteiger partial charge in [0.25, 0.3) is 0 Å². The minimum Gasteiger partial charge on any atom is -0.153 e. The maximum Gasteiger partial charge on any atom is 0.113 e. The van der Waals surface area contributed by atoms with E-state index in [0.717, 1.165) is 48.1 Å². The fourth-order valence-electron chi connectivity index (χ4n) is 7.39. The van der Waals surface area contributed by atoms with E-state index in [2.05, 4.69) is 128 Å². The van der Waals surface area contributed by atoms with Crippen LogP contribution in [0.2, 0.25) is 0 Å². The molecule has 0 spiro atoms. The molecule has 1 aliphatic rings. The van der Waals surface area contributed by atoms with Crippen LogP contribution in [-0.4, -0.2) is 30.0 Å². The summed E-state index contributed by atoms with van der Waals surface area (Å²) in [6.45, 7) is 23.1. The number of fused-ring (bicyclic) bond motifs is 2. The van der Waals surface area contributed by atoms with Gasteiger partial charge in [-0.3, -0.25) is 0 Å². The molecule has 0 unspecified atom stereocenters. The predicted octanol–water partition coefficient (Wildman–Crippen LogP) is 9.99. The molecule has 5 aromatic rings. The van der Waals surface area contributed by atoms with Gasteiger partial charge in [-0.2, -0.15) is 19.8 Å². The highest BCUT2D eigenvalue weighted by Crippen LogP contribution is 2.38. The Morgan fingerprint density at radius 3 is 1.28 bits per heavy atom. The van der Waals surface area contributed by atoms with Crippen LogP contribution in [0.4, 0.5) is 0 Å². The Kier molecular flexibility index (Phi) is 9.32. The van der Waals surface area contributed by atoms with Crippen molar-refractivity contribution in [3.63, 3.8) is 0 Å². The third-order valence-corrected chi connectivity index (χ3v) is 8.79. The number of rotatable bonds is 6. The average Bonchev–Trinajstić information content (AvgIpc) is 3.60. The summed E-state index contributed by atoms with van der Waals surface area (Å²) in [7, 11) is 0.